The van der Waals surface area contributed by atoms with Gasteiger partial charge in [0.1, 0.15) is 5.78 Å². The molecule has 1 fully saturated rings. The second-order valence-corrected chi connectivity index (χ2v) is 4.02. The summed E-state index contributed by atoms with van der Waals surface area (Å²) in [6.07, 6.45) is 0.987. The van der Waals surface area contributed by atoms with Crippen molar-refractivity contribution in [1.82, 2.24) is 4.31 Å². The minimum absolute atomic E-state index is 0.180. The molecular weight excluding hydrogens is 158 g/mol. The van der Waals surface area contributed by atoms with Crippen molar-refractivity contribution in [2.45, 2.75) is 20.3 Å². The molecule has 0 radical (unpaired) electrons. The molecule has 1 heterocycles. The second-order valence-electron chi connectivity index (χ2n) is 3.46. The Morgan fingerprint density at radius 2 is 2.27 bits per heavy atom. The van der Waals surface area contributed by atoms with E-state index in [2.05, 4.69) is 12.8 Å². The largest absolute Gasteiger partial charge is 0.299 e. The van der Waals surface area contributed by atoms with E-state index in [0.29, 0.717) is 5.78 Å². The smallest absolute Gasteiger partial charge is 0.139 e. The van der Waals surface area contributed by atoms with E-state index in [9.17, 15) is 4.79 Å². The summed E-state index contributed by atoms with van der Waals surface area (Å²) in [6, 6.07) is 0. The zero-order chi connectivity index (χ0) is 8.43. The Balaban J connectivity index is 2.43. The first-order chi connectivity index (χ1) is 5.11. The summed E-state index contributed by atoms with van der Waals surface area (Å²) in [6.45, 7) is 5.71. The summed E-state index contributed by atoms with van der Waals surface area (Å²) in [5.74, 6) is 0.814. The van der Waals surface area contributed by atoms with Crippen molar-refractivity contribution in [3.8, 4) is 0 Å². The van der Waals surface area contributed by atoms with Gasteiger partial charge in [-0.25, -0.2) is 0 Å². The molecule has 0 aromatic rings. The minimum atomic E-state index is 0.180. The zero-order valence-corrected chi connectivity index (χ0v) is 7.97. The predicted octanol–water partition coefficient (Wildman–Crippen LogP) is 1.38. The molecule has 0 amide bonds. The van der Waals surface area contributed by atoms with Crippen LogP contribution in [0, 0.1) is 11.8 Å². The van der Waals surface area contributed by atoms with Crippen LogP contribution in [0.25, 0.3) is 0 Å². The molecule has 0 N–H and O–H groups in total. The van der Waals surface area contributed by atoms with Crippen molar-refractivity contribution in [2.75, 3.05) is 13.1 Å². The molecule has 64 valence electrons. The van der Waals surface area contributed by atoms with Crippen molar-refractivity contribution >= 4 is 18.6 Å². The molecule has 1 rings (SSSR count). The second kappa shape index (κ2) is 3.59. The highest BCUT2D eigenvalue weighted by molar-refractivity contribution is 7.77. The molecule has 2 nitrogen and oxygen atoms in total. The fourth-order valence-corrected chi connectivity index (χ4v) is 1.76. The number of carbonyl (C=O) groups is 1. The predicted molar refractivity (Wildman–Crippen MR) is 48.5 cm³/mol. The van der Waals surface area contributed by atoms with E-state index in [1.165, 1.54) is 0 Å². The molecule has 0 aliphatic carbocycles. The van der Waals surface area contributed by atoms with Gasteiger partial charge < -0.3 is 0 Å². The number of nitrogens with zero attached hydrogens (tertiary/aromatic N) is 1. The van der Waals surface area contributed by atoms with Crippen molar-refractivity contribution in [3.05, 3.63) is 0 Å². The monoisotopic (exact) mass is 173 g/mol. The first kappa shape index (κ1) is 9.07. The van der Waals surface area contributed by atoms with Crippen LogP contribution in [0.3, 0.4) is 0 Å². The third-order valence-corrected chi connectivity index (χ3v) is 2.50. The Bertz CT molecular complexity index is 158. The highest BCUT2D eigenvalue weighted by Crippen LogP contribution is 2.20. The van der Waals surface area contributed by atoms with Gasteiger partial charge in [-0.2, -0.15) is 0 Å². The fourth-order valence-electron chi connectivity index (χ4n) is 1.45. The lowest BCUT2D eigenvalue weighted by Gasteiger charge is -2.10. The van der Waals surface area contributed by atoms with Gasteiger partial charge in [0, 0.05) is 24.9 Å². The van der Waals surface area contributed by atoms with Crippen LogP contribution < -0.4 is 0 Å². The van der Waals surface area contributed by atoms with Crippen LogP contribution in [0.15, 0.2) is 0 Å². The lowest BCUT2D eigenvalue weighted by atomic mass is 9.95. The maximum absolute atomic E-state index is 11.4. The Kier molecular flexibility index (Phi) is 2.96. The summed E-state index contributed by atoms with van der Waals surface area (Å²) in [5, 5.41) is 0. The molecule has 3 heteroatoms. The lowest BCUT2D eigenvalue weighted by Crippen LogP contribution is -2.21. The van der Waals surface area contributed by atoms with E-state index in [1.54, 1.807) is 0 Å². The number of Topliss-reactive ketones (excluding diaryl/α,β-unsaturated/α-hetero) is 1. The van der Waals surface area contributed by atoms with E-state index in [1.807, 2.05) is 18.2 Å². The SMILES string of the molecule is CC(C)C(=O)C1CCN(S)C1. The topological polar surface area (TPSA) is 20.3 Å². The summed E-state index contributed by atoms with van der Waals surface area (Å²) in [7, 11) is 0. The van der Waals surface area contributed by atoms with Gasteiger partial charge in [0.05, 0.1) is 0 Å². The van der Waals surface area contributed by atoms with E-state index >= 15 is 0 Å². The number of carbonyl (C=O) groups excluding carboxylic acids is 1. The third kappa shape index (κ3) is 2.20. The molecule has 1 atom stereocenters. The van der Waals surface area contributed by atoms with Crippen LogP contribution in [0.5, 0.6) is 0 Å². The highest BCUT2D eigenvalue weighted by atomic mass is 32.1. The molecule has 0 aromatic heterocycles. The average molecular weight is 173 g/mol. The average Bonchev–Trinajstić information content (AvgIpc) is 2.34. The fraction of sp³-hybridized carbons (Fsp3) is 0.875. The van der Waals surface area contributed by atoms with Gasteiger partial charge in [-0.1, -0.05) is 26.7 Å². The molecule has 0 saturated carbocycles. The van der Waals surface area contributed by atoms with E-state index in [-0.39, 0.29) is 11.8 Å². The number of hydrogen-bond acceptors (Lipinski definition) is 3. The van der Waals surface area contributed by atoms with Crippen LogP contribution in [0.4, 0.5) is 0 Å². The molecule has 0 aromatic carbocycles. The van der Waals surface area contributed by atoms with E-state index in [0.717, 1.165) is 19.5 Å². The van der Waals surface area contributed by atoms with Gasteiger partial charge in [-0.05, 0) is 6.42 Å². The lowest BCUT2D eigenvalue weighted by molar-refractivity contribution is -0.125. The minimum Gasteiger partial charge on any atom is -0.299 e. The Morgan fingerprint density at radius 3 is 2.64 bits per heavy atom. The van der Waals surface area contributed by atoms with Crippen molar-refractivity contribution in [1.29, 1.82) is 0 Å². The molecular formula is C8H15NOS. The van der Waals surface area contributed by atoms with Gasteiger partial charge in [0.2, 0.25) is 0 Å². The van der Waals surface area contributed by atoms with E-state index < -0.39 is 0 Å². The Labute approximate surface area is 73.5 Å². The maximum atomic E-state index is 11.4. The Morgan fingerprint density at radius 1 is 1.64 bits per heavy atom. The Hall–Kier alpha value is -0.0200. The maximum Gasteiger partial charge on any atom is 0.139 e. The summed E-state index contributed by atoms with van der Waals surface area (Å²) in [5.41, 5.74) is 0. The number of thiol groups is 1. The number of ketones is 1. The van der Waals surface area contributed by atoms with Gasteiger partial charge in [-0.15, -0.1) is 0 Å². The molecule has 1 aliphatic heterocycles. The molecule has 1 unspecified atom stereocenters. The van der Waals surface area contributed by atoms with Gasteiger partial charge in [0.15, 0.2) is 0 Å². The molecule has 0 bridgehead atoms. The molecule has 0 spiro atoms. The van der Waals surface area contributed by atoms with E-state index in [4.69, 9.17) is 0 Å². The summed E-state index contributed by atoms with van der Waals surface area (Å²) < 4.78 is 1.92. The zero-order valence-electron chi connectivity index (χ0n) is 7.08. The van der Waals surface area contributed by atoms with Crippen LogP contribution in [-0.2, 0) is 4.79 Å². The standard InChI is InChI=1S/C8H15NOS/c1-6(2)8(10)7-3-4-9(11)5-7/h6-7,11H,3-5H2,1-2H3. The highest BCUT2D eigenvalue weighted by Gasteiger charge is 2.27. The first-order valence-electron chi connectivity index (χ1n) is 4.09. The first-order valence-corrected chi connectivity index (χ1v) is 4.49. The van der Waals surface area contributed by atoms with Crippen LogP contribution >= 0.6 is 12.8 Å². The molecule has 1 aliphatic rings. The van der Waals surface area contributed by atoms with Gasteiger partial charge >= 0.3 is 0 Å². The normalized spacial score (nSPS) is 26.4. The molecule has 11 heavy (non-hydrogen) atoms. The van der Waals surface area contributed by atoms with Crippen molar-refractivity contribution in [3.63, 3.8) is 0 Å². The van der Waals surface area contributed by atoms with Crippen molar-refractivity contribution in [2.24, 2.45) is 11.8 Å². The van der Waals surface area contributed by atoms with Gasteiger partial charge in [0.25, 0.3) is 0 Å². The number of rotatable bonds is 2. The quantitative estimate of drug-likeness (QED) is 0.637. The molecule has 1 saturated heterocycles. The van der Waals surface area contributed by atoms with Gasteiger partial charge in [-0.3, -0.25) is 9.10 Å². The third-order valence-electron chi connectivity index (χ3n) is 2.14. The van der Waals surface area contributed by atoms with Crippen LogP contribution in [0.1, 0.15) is 20.3 Å². The van der Waals surface area contributed by atoms with Crippen LogP contribution in [-0.4, -0.2) is 23.2 Å². The van der Waals surface area contributed by atoms with Crippen molar-refractivity contribution < 1.29 is 4.79 Å². The summed E-state index contributed by atoms with van der Waals surface area (Å²) in [4.78, 5) is 11.4. The summed E-state index contributed by atoms with van der Waals surface area (Å²) >= 11 is 4.20. The van der Waals surface area contributed by atoms with Crippen LogP contribution in [0.2, 0.25) is 0 Å². The number of hydrogen-bond donors (Lipinski definition) is 1.